The molecule has 0 atom stereocenters. The van der Waals surface area contributed by atoms with Gasteiger partial charge in [-0.1, -0.05) is 37.3 Å². The molecule has 3 heteroatoms. The molecule has 21 heavy (non-hydrogen) atoms. The van der Waals surface area contributed by atoms with Crippen LogP contribution < -0.4 is 10.2 Å². The van der Waals surface area contributed by atoms with Crippen LogP contribution in [-0.4, -0.2) is 19.0 Å². The van der Waals surface area contributed by atoms with Crippen molar-refractivity contribution in [1.82, 2.24) is 5.32 Å². The summed E-state index contributed by atoms with van der Waals surface area (Å²) >= 11 is 0. The Morgan fingerprint density at radius 3 is 2.67 bits per heavy atom. The van der Waals surface area contributed by atoms with Gasteiger partial charge in [0.05, 0.1) is 0 Å². The fourth-order valence-electron chi connectivity index (χ4n) is 2.71. The van der Waals surface area contributed by atoms with Gasteiger partial charge in [-0.2, -0.15) is 0 Å². The minimum absolute atomic E-state index is 0.0776. The van der Waals surface area contributed by atoms with Gasteiger partial charge in [-0.05, 0) is 35.7 Å². The third-order valence-corrected chi connectivity index (χ3v) is 3.96. The fraction of sp³-hybridized carbons (Fsp3) is 0.278. The van der Waals surface area contributed by atoms with Crippen LogP contribution in [0.4, 0.5) is 5.69 Å². The Bertz CT molecular complexity index is 634. The Kier molecular flexibility index (Phi) is 4.02. The maximum atomic E-state index is 12.8. The zero-order valence-electron chi connectivity index (χ0n) is 12.3. The van der Waals surface area contributed by atoms with E-state index in [4.69, 9.17) is 0 Å². The Morgan fingerprint density at radius 2 is 1.90 bits per heavy atom. The number of hydrogen-bond donors (Lipinski definition) is 1. The second kappa shape index (κ2) is 6.10. The van der Waals surface area contributed by atoms with Crippen LogP contribution in [0.2, 0.25) is 0 Å². The van der Waals surface area contributed by atoms with Gasteiger partial charge in [0.1, 0.15) is 0 Å². The number of anilines is 1. The number of carbonyl (C=O) groups is 1. The Balaban J connectivity index is 1.93. The summed E-state index contributed by atoms with van der Waals surface area (Å²) in [6.45, 7) is 4.45. The number of benzene rings is 2. The topological polar surface area (TPSA) is 32.3 Å². The number of fused-ring (bicyclic) bond motifs is 1. The largest absolute Gasteiger partial charge is 0.311 e. The number of amides is 1. The van der Waals surface area contributed by atoms with Crippen molar-refractivity contribution < 1.29 is 4.79 Å². The van der Waals surface area contributed by atoms with E-state index in [-0.39, 0.29) is 5.91 Å². The van der Waals surface area contributed by atoms with Crippen molar-refractivity contribution in [3.63, 3.8) is 0 Å². The van der Waals surface area contributed by atoms with Crippen LogP contribution in [0.1, 0.15) is 28.4 Å². The highest BCUT2D eigenvalue weighted by Crippen LogP contribution is 2.24. The number of nitrogens with zero attached hydrogens (tertiary/aromatic N) is 1. The van der Waals surface area contributed by atoms with E-state index in [2.05, 4.69) is 18.3 Å². The lowest BCUT2D eigenvalue weighted by Crippen LogP contribution is -2.34. The molecule has 2 aromatic carbocycles. The summed E-state index contributed by atoms with van der Waals surface area (Å²) < 4.78 is 0. The third-order valence-electron chi connectivity index (χ3n) is 3.96. The van der Waals surface area contributed by atoms with Crippen LogP contribution in [0.15, 0.2) is 48.5 Å². The second-order valence-corrected chi connectivity index (χ2v) is 5.31. The van der Waals surface area contributed by atoms with Gasteiger partial charge in [-0.15, -0.1) is 0 Å². The lowest BCUT2D eigenvalue weighted by atomic mass is 10.1. The zero-order chi connectivity index (χ0) is 14.7. The molecule has 2 aromatic rings. The van der Waals surface area contributed by atoms with E-state index in [1.54, 1.807) is 0 Å². The highest BCUT2D eigenvalue weighted by Gasteiger charge is 2.21. The van der Waals surface area contributed by atoms with Gasteiger partial charge in [0.15, 0.2) is 0 Å². The molecule has 0 aliphatic carbocycles. The minimum atomic E-state index is 0.0776. The summed E-state index contributed by atoms with van der Waals surface area (Å²) in [4.78, 5) is 14.7. The van der Waals surface area contributed by atoms with Crippen molar-refractivity contribution in [3.8, 4) is 0 Å². The quantitative estimate of drug-likeness (QED) is 0.917. The van der Waals surface area contributed by atoms with E-state index in [1.165, 1.54) is 11.1 Å². The lowest BCUT2D eigenvalue weighted by Gasteiger charge is -2.22. The maximum absolute atomic E-state index is 12.8. The molecule has 1 N–H and O–H groups in total. The van der Waals surface area contributed by atoms with E-state index in [9.17, 15) is 4.79 Å². The van der Waals surface area contributed by atoms with E-state index in [0.29, 0.717) is 6.54 Å². The number of hydrogen-bond acceptors (Lipinski definition) is 2. The second-order valence-electron chi connectivity index (χ2n) is 5.31. The van der Waals surface area contributed by atoms with Crippen LogP contribution >= 0.6 is 0 Å². The number of nitrogens with one attached hydrogen (secondary N) is 1. The molecule has 0 fully saturated rings. The summed E-state index contributed by atoms with van der Waals surface area (Å²) in [5.41, 5.74) is 4.20. The summed E-state index contributed by atoms with van der Waals surface area (Å²) in [6, 6.07) is 16.1. The molecule has 1 aliphatic rings. The molecule has 3 rings (SSSR count). The maximum Gasteiger partial charge on any atom is 0.258 e. The Labute approximate surface area is 125 Å². The SMILES string of the molecule is CCc1ccc(C(=O)N2CCNCc3ccccc32)cc1. The smallest absolute Gasteiger partial charge is 0.258 e. The van der Waals surface area contributed by atoms with Crippen LogP contribution in [0.3, 0.4) is 0 Å². The molecule has 3 nitrogen and oxygen atoms in total. The van der Waals surface area contributed by atoms with Gasteiger partial charge >= 0.3 is 0 Å². The van der Waals surface area contributed by atoms with Crippen molar-refractivity contribution in [2.24, 2.45) is 0 Å². The Hall–Kier alpha value is -2.13. The predicted octanol–water partition coefficient (Wildman–Crippen LogP) is 3.00. The molecule has 0 saturated heterocycles. The predicted molar refractivity (Wildman–Crippen MR) is 85.6 cm³/mol. The average Bonchev–Trinajstić information content (AvgIpc) is 2.77. The molecule has 0 radical (unpaired) electrons. The van der Waals surface area contributed by atoms with E-state index < -0.39 is 0 Å². The van der Waals surface area contributed by atoms with Crippen LogP contribution in [-0.2, 0) is 13.0 Å². The van der Waals surface area contributed by atoms with Crippen molar-refractivity contribution in [2.75, 3.05) is 18.0 Å². The van der Waals surface area contributed by atoms with Gasteiger partial charge in [-0.3, -0.25) is 4.79 Å². The Morgan fingerprint density at radius 1 is 1.14 bits per heavy atom. The molecule has 0 saturated carbocycles. The monoisotopic (exact) mass is 280 g/mol. The fourth-order valence-corrected chi connectivity index (χ4v) is 2.71. The first-order valence-corrected chi connectivity index (χ1v) is 7.49. The number of aryl methyl sites for hydroxylation is 1. The molecule has 108 valence electrons. The molecule has 0 unspecified atom stereocenters. The summed E-state index contributed by atoms with van der Waals surface area (Å²) in [5, 5.41) is 3.36. The van der Waals surface area contributed by atoms with Crippen molar-refractivity contribution in [2.45, 2.75) is 19.9 Å². The molecule has 1 aliphatic heterocycles. The zero-order valence-corrected chi connectivity index (χ0v) is 12.3. The third kappa shape index (κ3) is 2.83. The van der Waals surface area contributed by atoms with Crippen molar-refractivity contribution in [1.29, 1.82) is 0 Å². The highest BCUT2D eigenvalue weighted by atomic mass is 16.2. The first kappa shape index (κ1) is 13.8. The first-order chi connectivity index (χ1) is 10.3. The average molecular weight is 280 g/mol. The van der Waals surface area contributed by atoms with Crippen molar-refractivity contribution in [3.05, 3.63) is 65.2 Å². The van der Waals surface area contributed by atoms with Crippen LogP contribution in [0, 0.1) is 0 Å². The van der Waals surface area contributed by atoms with E-state index in [0.717, 1.165) is 30.8 Å². The first-order valence-electron chi connectivity index (χ1n) is 7.49. The molecule has 0 aromatic heterocycles. The highest BCUT2D eigenvalue weighted by molar-refractivity contribution is 6.06. The van der Waals surface area contributed by atoms with E-state index >= 15 is 0 Å². The van der Waals surface area contributed by atoms with Gasteiger partial charge in [0, 0.05) is 30.9 Å². The van der Waals surface area contributed by atoms with Crippen LogP contribution in [0.5, 0.6) is 0 Å². The van der Waals surface area contributed by atoms with Gasteiger partial charge < -0.3 is 10.2 Å². The molecule has 1 amide bonds. The van der Waals surface area contributed by atoms with Crippen LogP contribution in [0.25, 0.3) is 0 Å². The molecular weight excluding hydrogens is 260 g/mol. The lowest BCUT2D eigenvalue weighted by molar-refractivity contribution is 0.0987. The normalized spacial score (nSPS) is 14.4. The van der Waals surface area contributed by atoms with Gasteiger partial charge in [0.2, 0.25) is 0 Å². The number of carbonyl (C=O) groups excluding carboxylic acids is 1. The summed E-state index contributed by atoms with van der Waals surface area (Å²) in [6.07, 6.45) is 0.991. The van der Waals surface area contributed by atoms with Gasteiger partial charge in [-0.25, -0.2) is 0 Å². The van der Waals surface area contributed by atoms with E-state index in [1.807, 2.05) is 47.4 Å². The number of para-hydroxylation sites is 1. The molecule has 1 heterocycles. The standard InChI is InChI=1S/C18H20N2O/c1-2-14-7-9-15(10-8-14)18(21)20-12-11-19-13-16-5-3-4-6-17(16)20/h3-10,19H,2,11-13H2,1H3. The van der Waals surface area contributed by atoms with Gasteiger partial charge in [0.25, 0.3) is 5.91 Å². The molecular formula is C18H20N2O. The number of rotatable bonds is 2. The molecule has 0 bridgehead atoms. The summed E-state index contributed by atoms with van der Waals surface area (Å²) in [7, 11) is 0. The summed E-state index contributed by atoms with van der Waals surface area (Å²) in [5.74, 6) is 0.0776. The minimum Gasteiger partial charge on any atom is -0.311 e. The van der Waals surface area contributed by atoms with Crippen molar-refractivity contribution >= 4 is 11.6 Å². The molecule has 0 spiro atoms.